The zero-order chi connectivity index (χ0) is 14.5. The van der Waals surface area contributed by atoms with Crippen molar-refractivity contribution in [3.63, 3.8) is 0 Å². The number of anilines is 1. The molecule has 0 fully saturated rings. The summed E-state index contributed by atoms with van der Waals surface area (Å²) in [6, 6.07) is 10.9. The van der Waals surface area contributed by atoms with Crippen LogP contribution in [0.2, 0.25) is 0 Å². The summed E-state index contributed by atoms with van der Waals surface area (Å²) < 4.78 is 5.17. The third-order valence-corrected chi connectivity index (χ3v) is 3.74. The number of esters is 1. The van der Waals surface area contributed by atoms with Crippen molar-refractivity contribution in [3.05, 3.63) is 52.2 Å². The molecule has 1 aromatic heterocycles. The molecule has 0 radical (unpaired) electrons. The molecule has 0 aliphatic heterocycles. The lowest BCUT2D eigenvalue weighted by Gasteiger charge is -2.13. The molecule has 2 rings (SSSR count). The van der Waals surface area contributed by atoms with E-state index < -0.39 is 12.1 Å². The lowest BCUT2D eigenvalue weighted by Crippen LogP contribution is -2.29. The summed E-state index contributed by atoms with van der Waals surface area (Å²) in [5.41, 5.74) is 1.53. The summed E-state index contributed by atoms with van der Waals surface area (Å²) in [5, 5.41) is 4.51. The number of rotatable bonds is 4. The Kier molecular flexibility index (Phi) is 4.53. The van der Waals surface area contributed by atoms with Crippen LogP contribution in [-0.4, -0.2) is 18.0 Å². The summed E-state index contributed by atoms with van der Waals surface area (Å²) in [7, 11) is 0. The predicted molar refractivity (Wildman–Crippen MR) is 79.0 cm³/mol. The SMILES string of the molecule is Cc1ccsc1C(=O)O[C@H](C)C(=O)Nc1ccccc1. The highest BCUT2D eigenvalue weighted by Crippen LogP contribution is 2.17. The largest absolute Gasteiger partial charge is 0.448 e. The number of ether oxygens (including phenoxy) is 1. The predicted octanol–water partition coefficient (Wildman–Crippen LogP) is 3.24. The summed E-state index contributed by atoms with van der Waals surface area (Å²) in [6.07, 6.45) is -0.843. The van der Waals surface area contributed by atoms with Crippen LogP contribution in [0.25, 0.3) is 0 Å². The van der Waals surface area contributed by atoms with Crippen LogP contribution in [0.3, 0.4) is 0 Å². The Labute approximate surface area is 121 Å². The first-order valence-electron chi connectivity index (χ1n) is 6.19. The second kappa shape index (κ2) is 6.34. The van der Waals surface area contributed by atoms with Crippen LogP contribution in [0, 0.1) is 6.92 Å². The van der Waals surface area contributed by atoms with Crippen molar-refractivity contribution >= 4 is 28.9 Å². The molecule has 4 nitrogen and oxygen atoms in total. The number of nitrogens with one attached hydrogen (secondary N) is 1. The van der Waals surface area contributed by atoms with Crippen LogP contribution in [0.1, 0.15) is 22.2 Å². The number of carbonyl (C=O) groups is 2. The standard InChI is InChI=1S/C15H15NO3S/c1-10-8-9-20-13(10)15(18)19-11(2)14(17)16-12-6-4-3-5-7-12/h3-9,11H,1-2H3,(H,16,17)/t11-/m1/s1. The van der Waals surface area contributed by atoms with E-state index in [0.29, 0.717) is 10.6 Å². The minimum atomic E-state index is -0.843. The number of amides is 1. The van der Waals surface area contributed by atoms with Gasteiger partial charge in [0, 0.05) is 5.69 Å². The maximum Gasteiger partial charge on any atom is 0.349 e. The van der Waals surface area contributed by atoms with Gasteiger partial charge in [0.1, 0.15) is 4.88 Å². The normalized spacial score (nSPS) is 11.7. The van der Waals surface area contributed by atoms with E-state index in [9.17, 15) is 9.59 Å². The first-order valence-corrected chi connectivity index (χ1v) is 7.07. The zero-order valence-corrected chi connectivity index (χ0v) is 12.1. The van der Waals surface area contributed by atoms with E-state index in [4.69, 9.17) is 4.74 Å². The molecule has 104 valence electrons. The third-order valence-electron chi connectivity index (χ3n) is 2.74. The highest BCUT2D eigenvalue weighted by molar-refractivity contribution is 7.12. The molecule has 0 spiro atoms. The molecule has 20 heavy (non-hydrogen) atoms. The maximum absolute atomic E-state index is 11.9. The Hall–Kier alpha value is -2.14. The zero-order valence-electron chi connectivity index (χ0n) is 11.3. The van der Waals surface area contributed by atoms with Gasteiger partial charge in [-0.15, -0.1) is 11.3 Å². The summed E-state index contributed by atoms with van der Waals surface area (Å²) >= 11 is 1.31. The van der Waals surface area contributed by atoms with Crippen LogP contribution in [0.5, 0.6) is 0 Å². The van der Waals surface area contributed by atoms with E-state index in [1.165, 1.54) is 11.3 Å². The average Bonchev–Trinajstić information content (AvgIpc) is 2.86. The van der Waals surface area contributed by atoms with Gasteiger partial charge in [0.05, 0.1) is 0 Å². The smallest absolute Gasteiger partial charge is 0.349 e. The Morgan fingerprint density at radius 1 is 1.20 bits per heavy atom. The highest BCUT2D eigenvalue weighted by atomic mass is 32.1. The second-order valence-corrected chi connectivity index (χ2v) is 5.25. The fourth-order valence-corrected chi connectivity index (χ4v) is 2.42. The molecule has 0 aliphatic carbocycles. The number of para-hydroxylation sites is 1. The van der Waals surface area contributed by atoms with Gasteiger partial charge in [-0.2, -0.15) is 0 Å². The molecule has 1 N–H and O–H groups in total. The lowest BCUT2D eigenvalue weighted by atomic mass is 10.3. The molecule has 2 aromatic rings. The van der Waals surface area contributed by atoms with Crippen molar-refractivity contribution in [2.75, 3.05) is 5.32 Å². The molecule has 5 heteroatoms. The molecule has 1 amide bonds. The van der Waals surface area contributed by atoms with Gasteiger partial charge in [-0.25, -0.2) is 4.79 Å². The van der Waals surface area contributed by atoms with E-state index in [2.05, 4.69) is 5.32 Å². The molecule has 0 saturated heterocycles. The van der Waals surface area contributed by atoms with Gasteiger partial charge in [0.15, 0.2) is 6.10 Å². The molecule has 1 aromatic carbocycles. The van der Waals surface area contributed by atoms with Crippen molar-refractivity contribution in [1.29, 1.82) is 0 Å². The number of benzene rings is 1. The van der Waals surface area contributed by atoms with E-state index in [1.807, 2.05) is 36.6 Å². The second-order valence-electron chi connectivity index (χ2n) is 4.34. The third kappa shape index (κ3) is 3.45. The first-order chi connectivity index (χ1) is 9.58. The molecule has 0 saturated carbocycles. The summed E-state index contributed by atoms with van der Waals surface area (Å²) in [6.45, 7) is 3.39. The quantitative estimate of drug-likeness (QED) is 0.879. The van der Waals surface area contributed by atoms with Crippen LogP contribution < -0.4 is 5.32 Å². The Morgan fingerprint density at radius 3 is 2.50 bits per heavy atom. The van der Waals surface area contributed by atoms with Gasteiger partial charge in [-0.05, 0) is 43.0 Å². The van der Waals surface area contributed by atoms with E-state index in [0.717, 1.165) is 5.56 Å². The van der Waals surface area contributed by atoms with Gasteiger partial charge in [-0.3, -0.25) is 4.79 Å². The molecule has 0 aliphatic rings. The number of aryl methyl sites for hydroxylation is 1. The van der Waals surface area contributed by atoms with E-state index >= 15 is 0 Å². The molecule has 0 unspecified atom stereocenters. The molecule has 1 heterocycles. The Balaban J connectivity index is 1.95. The fourth-order valence-electron chi connectivity index (χ4n) is 1.61. The Morgan fingerprint density at radius 2 is 1.90 bits per heavy atom. The minimum Gasteiger partial charge on any atom is -0.448 e. The number of thiophene rings is 1. The van der Waals surface area contributed by atoms with E-state index in [-0.39, 0.29) is 5.91 Å². The van der Waals surface area contributed by atoms with Crippen molar-refractivity contribution in [2.24, 2.45) is 0 Å². The van der Waals surface area contributed by atoms with Crippen molar-refractivity contribution < 1.29 is 14.3 Å². The van der Waals surface area contributed by atoms with Gasteiger partial charge in [0.25, 0.3) is 5.91 Å². The van der Waals surface area contributed by atoms with E-state index in [1.54, 1.807) is 19.1 Å². The number of hydrogen-bond acceptors (Lipinski definition) is 4. The molecular weight excluding hydrogens is 274 g/mol. The average molecular weight is 289 g/mol. The maximum atomic E-state index is 11.9. The van der Waals surface area contributed by atoms with Gasteiger partial charge in [0.2, 0.25) is 0 Å². The minimum absolute atomic E-state index is 0.348. The number of carbonyl (C=O) groups excluding carboxylic acids is 2. The van der Waals surface area contributed by atoms with Crippen LogP contribution >= 0.6 is 11.3 Å². The van der Waals surface area contributed by atoms with Crippen molar-refractivity contribution in [1.82, 2.24) is 0 Å². The monoisotopic (exact) mass is 289 g/mol. The van der Waals surface area contributed by atoms with Crippen LogP contribution in [0.4, 0.5) is 5.69 Å². The molecule has 0 bridgehead atoms. The topological polar surface area (TPSA) is 55.4 Å². The van der Waals surface area contributed by atoms with Crippen LogP contribution in [0.15, 0.2) is 41.8 Å². The Bertz CT molecular complexity index is 607. The van der Waals surface area contributed by atoms with Gasteiger partial charge < -0.3 is 10.1 Å². The summed E-state index contributed by atoms with van der Waals surface area (Å²) in [4.78, 5) is 24.4. The van der Waals surface area contributed by atoms with Crippen molar-refractivity contribution in [3.8, 4) is 0 Å². The number of hydrogen-bond donors (Lipinski definition) is 1. The lowest BCUT2D eigenvalue weighted by molar-refractivity contribution is -0.123. The molecular formula is C15H15NO3S. The van der Waals surface area contributed by atoms with Gasteiger partial charge >= 0.3 is 5.97 Å². The first kappa shape index (κ1) is 14.3. The fraction of sp³-hybridized carbons (Fsp3) is 0.200. The molecule has 1 atom stereocenters. The summed E-state index contributed by atoms with van der Waals surface area (Å²) in [5.74, 6) is -0.813. The highest BCUT2D eigenvalue weighted by Gasteiger charge is 2.20. The van der Waals surface area contributed by atoms with Gasteiger partial charge in [-0.1, -0.05) is 18.2 Å². The van der Waals surface area contributed by atoms with Crippen molar-refractivity contribution in [2.45, 2.75) is 20.0 Å². The van der Waals surface area contributed by atoms with Crippen LogP contribution in [-0.2, 0) is 9.53 Å².